The van der Waals surface area contributed by atoms with Crippen LogP contribution in [0.25, 0.3) is 11.4 Å². The third-order valence-electron chi connectivity index (χ3n) is 2.51. The molecule has 0 unspecified atom stereocenters. The van der Waals surface area contributed by atoms with Gasteiger partial charge < -0.3 is 9.47 Å². The molecule has 0 aliphatic heterocycles. The first-order valence-corrected chi connectivity index (χ1v) is 6.24. The average molecular weight is 295 g/mol. The van der Waals surface area contributed by atoms with Crippen molar-refractivity contribution >= 4 is 15.9 Å². The summed E-state index contributed by atoms with van der Waals surface area (Å²) in [5.74, 6) is 0.916. The van der Waals surface area contributed by atoms with E-state index in [1.54, 1.807) is 6.33 Å². The predicted octanol–water partition coefficient (Wildman–Crippen LogP) is 2.27. The quantitative estimate of drug-likeness (QED) is 0.867. The Hall–Kier alpha value is -1.20. The highest BCUT2D eigenvalue weighted by molar-refractivity contribution is 9.10. The molecule has 0 aliphatic carbocycles. The topological polar surface area (TPSA) is 34.0 Å². The van der Waals surface area contributed by atoms with Crippen molar-refractivity contribution in [3.05, 3.63) is 35.1 Å². The van der Waals surface area contributed by atoms with Gasteiger partial charge in [0.05, 0.1) is 0 Å². The lowest BCUT2D eigenvalue weighted by Crippen LogP contribution is -2.18. The van der Waals surface area contributed by atoms with Gasteiger partial charge in [-0.3, -0.25) is 0 Å². The third-order valence-corrected chi connectivity index (χ3v) is 3.03. The predicted molar refractivity (Wildman–Crippen MR) is 71.7 cm³/mol. The number of benzene rings is 1. The van der Waals surface area contributed by atoms with Crippen LogP contribution in [0.1, 0.15) is 0 Å². The van der Waals surface area contributed by atoms with Crippen LogP contribution < -0.4 is 0 Å². The monoisotopic (exact) mass is 294 g/mol. The van der Waals surface area contributed by atoms with Gasteiger partial charge in [-0.05, 0) is 26.2 Å². The summed E-state index contributed by atoms with van der Waals surface area (Å²) < 4.78 is 3.14. The molecule has 0 spiro atoms. The second kappa shape index (κ2) is 5.42. The molecule has 1 aromatic carbocycles. The van der Waals surface area contributed by atoms with Gasteiger partial charge in [-0.25, -0.2) is 0 Å². The van der Waals surface area contributed by atoms with Crippen LogP contribution in [0.3, 0.4) is 0 Å². The van der Waals surface area contributed by atoms with Crippen LogP contribution in [0, 0.1) is 0 Å². The lowest BCUT2D eigenvalue weighted by atomic mass is 10.2. The highest BCUT2D eigenvalue weighted by atomic mass is 79.9. The van der Waals surface area contributed by atoms with Crippen LogP contribution in [0.5, 0.6) is 0 Å². The van der Waals surface area contributed by atoms with Crippen LogP contribution in [-0.2, 0) is 6.54 Å². The summed E-state index contributed by atoms with van der Waals surface area (Å²) in [4.78, 5) is 2.14. The van der Waals surface area contributed by atoms with Gasteiger partial charge in [0.25, 0.3) is 0 Å². The molecule has 0 N–H and O–H groups in total. The molecule has 0 saturated carbocycles. The first-order valence-electron chi connectivity index (χ1n) is 5.45. The van der Waals surface area contributed by atoms with Crippen molar-refractivity contribution in [2.75, 3.05) is 20.6 Å². The summed E-state index contributed by atoms with van der Waals surface area (Å²) >= 11 is 3.43. The van der Waals surface area contributed by atoms with E-state index in [2.05, 4.69) is 49.7 Å². The van der Waals surface area contributed by atoms with Crippen molar-refractivity contribution in [2.24, 2.45) is 0 Å². The minimum Gasteiger partial charge on any atom is -0.312 e. The van der Waals surface area contributed by atoms with Crippen molar-refractivity contribution in [2.45, 2.75) is 6.54 Å². The standard InChI is InChI=1S/C12H15BrN4/c1-16(2)7-8-17-9-14-15-12(17)10-3-5-11(13)6-4-10/h3-6,9H,7-8H2,1-2H3. The summed E-state index contributed by atoms with van der Waals surface area (Å²) in [6, 6.07) is 8.11. The molecule has 0 aliphatic rings. The molecule has 2 rings (SSSR count). The van der Waals surface area contributed by atoms with Crippen molar-refractivity contribution in [3.63, 3.8) is 0 Å². The summed E-state index contributed by atoms with van der Waals surface area (Å²) in [5.41, 5.74) is 1.09. The van der Waals surface area contributed by atoms with E-state index in [9.17, 15) is 0 Å². The molecular formula is C12H15BrN4. The maximum Gasteiger partial charge on any atom is 0.163 e. The molecule has 90 valence electrons. The Labute approximate surface area is 109 Å². The van der Waals surface area contributed by atoms with E-state index in [0.717, 1.165) is 29.0 Å². The Morgan fingerprint density at radius 2 is 1.94 bits per heavy atom. The summed E-state index contributed by atoms with van der Waals surface area (Å²) in [6.45, 7) is 1.87. The highest BCUT2D eigenvalue weighted by Crippen LogP contribution is 2.19. The zero-order valence-electron chi connectivity index (χ0n) is 9.97. The molecule has 0 fully saturated rings. The zero-order valence-corrected chi connectivity index (χ0v) is 11.6. The maximum atomic E-state index is 4.17. The SMILES string of the molecule is CN(C)CCn1cnnc1-c1ccc(Br)cc1. The number of rotatable bonds is 4. The van der Waals surface area contributed by atoms with E-state index in [0.29, 0.717) is 0 Å². The molecule has 4 nitrogen and oxygen atoms in total. The van der Waals surface area contributed by atoms with Crippen molar-refractivity contribution in [1.82, 2.24) is 19.7 Å². The van der Waals surface area contributed by atoms with E-state index in [1.165, 1.54) is 0 Å². The molecule has 0 saturated heterocycles. The summed E-state index contributed by atoms with van der Waals surface area (Å²) in [7, 11) is 4.12. The van der Waals surface area contributed by atoms with Crippen LogP contribution >= 0.6 is 15.9 Å². The number of hydrogen-bond acceptors (Lipinski definition) is 3. The number of aromatic nitrogens is 3. The Morgan fingerprint density at radius 1 is 1.24 bits per heavy atom. The molecule has 1 heterocycles. The second-order valence-electron chi connectivity index (χ2n) is 4.16. The van der Waals surface area contributed by atoms with Crippen molar-refractivity contribution < 1.29 is 0 Å². The number of likely N-dealkylation sites (N-methyl/N-ethyl adjacent to an activating group) is 1. The molecule has 5 heteroatoms. The minimum atomic E-state index is 0.894. The molecule has 0 atom stereocenters. The average Bonchev–Trinajstić information content (AvgIpc) is 2.75. The van der Waals surface area contributed by atoms with E-state index in [-0.39, 0.29) is 0 Å². The fraction of sp³-hybridized carbons (Fsp3) is 0.333. The number of halogens is 1. The molecule has 17 heavy (non-hydrogen) atoms. The Balaban J connectivity index is 2.21. The van der Waals surface area contributed by atoms with E-state index in [4.69, 9.17) is 0 Å². The van der Waals surface area contributed by atoms with E-state index >= 15 is 0 Å². The normalized spacial score (nSPS) is 11.1. The fourth-order valence-corrected chi connectivity index (χ4v) is 1.81. The zero-order chi connectivity index (χ0) is 12.3. The molecule has 1 aromatic heterocycles. The van der Waals surface area contributed by atoms with Gasteiger partial charge in [0, 0.05) is 23.1 Å². The van der Waals surface area contributed by atoms with Gasteiger partial charge in [0.15, 0.2) is 5.82 Å². The Kier molecular flexibility index (Phi) is 3.91. The van der Waals surface area contributed by atoms with Gasteiger partial charge in [0.2, 0.25) is 0 Å². The lowest BCUT2D eigenvalue weighted by molar-refractivity contribution is 0.384. The van der Waals surface area contributed by atoms with Gasteiger partial charge in [-0.2, -0.15) is 0 Å². The first kappa shape index (κ1) is 12.3. The van der Waals surface area contributed by atoms with Gasteiger partial charge in [-0.15, -0.1) is 10.2 Å². The maximum absolute atomic E-state index is 4.17. The van der Waals surface area contributed by atoms with Gasteiger partial charge in [0.1, 0.15) is 6.33 Å². The van der Waals surface area contributed by atoms with Crippen molar-refractivity contribution in [3.8, 4) is 11.4 Å². The molecule has 0 radical (unpaired) electrons. The number of nitrogens with zero attached hydrogens (tertiary/aromatic N) is 4. The van der Waals surface area contributed by atoms with Crippen LogP contribution in [0.2, 0.25) is 0 Å². The van der Waals surface area contributed by atoms with Gasteiger partial charge >= 0.3 is 0 Å². The van der Waals surface area contributed by atoms with Gasteiger partial charge in [-0.1, -0.05) is 28.1 Å². The van der Waals surface area contributed by atoms with Crippen LogP contribution in [0.4, 0.5) is 0 Å². The lowest BCUT2D eigenvalue weighted by Gasteiger charge is -2.11. The molecular weight excluding hydrogens is 280 g/mol. The van der Waals surface area contributed by atoms with Crippen LogP contribution in [-0.4, -0.2) is 40.3 Å². The van der Waals surface area contributed by atoms with E-state index < -0.39 is 0 Å². The van der Waals surface area contributed by atoms with Crippen molar-refractivity contribution in [1.29, 1.82) is 0 Å². The largest absolute Gasteiger partial charge is 0.312 e. The summed E-state index contributed by atoms with van der Waals surface area (Å²) in [6.07, 6.45) is 1.78. The minimum absolute atomic E-state index is 0.894. The molecule has 0 amide bonds. The van der Waals surface area contributed by atoms with Crippen LogP contribution in [0.15, 0.2) is 35.1 Å². The molecule has 2 aromatic rings. The second-order valence-corrected chi connectivity index (χ2v) is 5.07. The smallest absolute Gasteiger partial charge is 0.163 e. The summed E-state index contributed by atoms with van der Waals surface area (Å²) in [5, 5.41) is 8.15. The highest BCUT2D eigenvalue weighted by Gasteiger charge is 2.06. The molecule has 0 bridgehead atoms. The van der Waals surface area contributed by atoms with E-state index in [1.807, 2.05) is 24.3 Å². The number of hydrogen-bond donors (Lipinski definition) is 0. The Morgan fingerprint density at radius 3 is 2.59 bits per heavy atom. The fourth-order valence-electron chi connectivity index (χ4n) is 1.55. The third kappa shape index (κ3) is 3.14. The Bertz CT molecular complexity index is 476. The first-order chi connectivity index (χ1) is 8.16.